The highest BCUT2D eigenvalue weighted by molar-refractivity contribution is 6.46. The number of benzene rings is 2. The molecule has 2 aromatic rings. The molecule has 184 valence electrons. The van der Waals surface area contributed by atoms with Gasteiger partial charge in [-0.3, -0.25) is 9.59 Å². The zero-order valence-corrected chi connectivity index (χ0v) is 20.0. The molecule has 5 rings (SSSR count). The van der Waals surface area contributed by atoms with Gasteiger partial charge < -0.3 is 29.1 Å². The van der Waals surface area contributed by atoms with E-state index < -0.39 is 17.7 Å². The van der Waals surface area contributed by atoms with Crippen molar-refractivity contribution in [1.29, 1.82) is 0 Å². The van der Waals surface area contributed by atoms with Crippen molar-refractivity contribution in [1.82, 2.24) is 9.80 Å². The standard InChI is InChI=1S/C27H30N2O6/c1-17(2)35-20-7-5-6-18(14-20)24-23(25(30)19-8-9-21-22(15-19)34-16-33-21)26(31)27(32)29(24)13-12-28-10-3-4-11-28/h5-9,14-15,17,24,30H,3-4,10-13,16H2,1-2H3/b25-23+. The molecule has 1 unspecified atom stereocenters. The Morgan fingerprint density at radius 3 is 2.60 bits per heavy atom. The van der Waals surface area contributed by atoms with Gasteiger partial charge in [0, 0.05) is 18.7 Å². The van der Waals surface area contributed by atoms with E-state index in [1.54, 1.807) is 23.1 Å². The molecular formula is C27H30N2O6. The second kappa shape index (κ2) is 9.62. The summed E-state index contributed by atoms with van der Waals surface area (Å²) >= 11 is 0. The SMILES string of the molecule is CC(C)Oc1cccc(C2/C(=C(\O)c3ccc4c(c3)OCO4)C(=O)C(=O)N2CCN2CCCC2)c1. The van der Waals surface area contributed by atoms with E-state index in [-0.39, 0.29) is 24.2 Å². The van der Waals surface area contributed by atoms with Gasteiger partial charge in [-0.1, -0.05) is 12.1 Å². The van der Waals surface area contributed by atoms with E-state index in [9.17, 15) is 14.7 Å². The fourth-order valence-corrected chi connectivity index (χ4v) is 4.94. The normalized spacial score (nSPS) is 21.3. The molecule has 2 saturated heterocycles. The third-order valence-electron chi connectivity index (χ3n) is 6.59. The molecule has 1 atom stereocenters. The van der Waals surface area contributed by atoms with Crippen LogP contribution in [0.25, 0.3) is 5.76 Å². The molecule has 0 bridgehead atoms. The van der Waals surface area contributed by atoms with Gasteiger partial charge in [0.25, 0.3) is 11.7 Å². The van der Waals surface area contributed by atoms with Crippen LogP contribution in [-0.2, 0) is 9.59 Å². The fraction of sp³-hybridized carbons (Fsp3) is 0.407. The summed E-state index contributed by atoms with van der Waals surface area (Å²) < 4.78 is 16.7. The number of amides is 1. The van der Waals surface area contributed by atoms with Crippen molar-refractivity contribution in [3.05, 3.63) is 59.2 Å². The fourth-order valence-electron chi connectivity index (χ4n) is 4.94. The molecule has 3 aliphatic heterocycles. The minimum Gasteiger partial charge on any atom is -0.507 e. The summed E-state index contributed by atoms with van der Waals surface area (Å²) in [5.74, 6) is 0.175. The molecule has 1 N–H and O–H groups in total. The topological polar surface area (TPSA) is 88.5 Å². The van der Waals surface area contributed by atoms with E-state index in [4.69, 9.17) is 14.2 Å². The van der Waals surface area contributed by atoms with Gasteiger partial charge in [-0.2, -0.15) is 0 Å². The molecule has 8 heteroatoms. The number of Topliss-reactive ketones (excluding diaryl/α,β-unsaturated/α-hetero) is 1. The quantitative estimate of drug-likeness (QED) is 0.369. The Balaban J connectivity index is 1.56. The van der Waals surface area contributed by atoms with Gasteiger partial charge in [0.05, 0.1) is 17.7 Å². The summed E-state index contributed by atoms with van der Waals surface area (Å²) in [7, 11) is 0. The predicted octanol–water partition coefficient (Wildman–Crippen LogP) is 3.72. The van der Waals surface area contributed by atoms with Crippen molar-refractivity contribution < 1.29 is 28.9 Å². The van der Waals surface area contributed by atoms with E-state index in [1.807, 2.05) is 38.1 Å². The van der Waals surface area contributed by atoms with Crippen LogP contribution in [0.4, 0.5) is 0 Å². The summed E-state index contributed by atoms with van der Waals surface area (Å²) in [6, 6.07) is 11.6. The number of aliphatic hydroxyl groups is 1. The van der Waals surface area contributed by atoms with Crippen LogP contribution in [0.15, 0.2) is 48.0 Å². The van der Waals surface area contributed by atoms with Crippen molar-refractivity contribution in [2.45, 2.75) is 38.8 Å². The maximum atomic E-state index is 13.3. The first-order valence-electron chi connectivity index (χ1n) is 12.1. The molecule has 0 spiro atoms. The average Bonchev–Trinajstić information content (AvgIpc) is 3.58. The minimum atomic E-state index is -0.723. The van der Waals surface area contributed by atoms with Gasteiger partial charge in [-0.25, -0.2) is 0 Å². The molecule has 35 heavy (non-hydrogen) atoms. The highest BCUT2D eigenvalue weighted by Crippen LogP contribution is 2.42. The molecule has 2 fully saturated rings. The number of aliphatic hydroxyl groups excluding tert-OH is 1. The number of rotatable bonds is 7. The Labute approximate surface area is 204 Å². The number of nitrogens with zero attached hydrogens (tertiary/aromatic N) is 2. The lowest BCUT2D eigenvalue weighted by atomic mass is 9.95. The Morgan fingerprint density at radius 1 is 1.06 bits per heavy atom. The van der Waals surface area contributed by atoms with Gasteiger partial charge >= 0.3 is 0 Å². The summed E-state index contributed by atoms with van der Waals surface area (Å²) in [4.78, 5) is 30.4. The van der Waals surface area contributed by atoms with Crippen LogP contribution in [0.5, 0.6) is 17.2 Å². The summed E-state index contributed by atoms with van der Waals surface area (Å²) in [5, 5.41) is 11.3. The van der Waals surface area contributed by atoms with Crippen LogP contribution in [0.3, 0.4) is 0 Å². The summed E-state index contributed by atoms with van der Waals surface area (Å²) in [6.45, 7) is 7.02. The molecule has 1 amide bonds. The number of hydrogen-bond donors (Lipinski definition) is 1. The Hall–Kier alpha value is -3.52. The second-order valence-corrected chi connectivity index (χ2v) is 9.35. The van der Waals surface area contributed by atoms with Crippen LogP contribution >= 0.6 is 0 Å². The second-order valence-electron chi connectivity index (χ2n) is 9.35. The number of ketones is 1. The predicted molar refractivity (Wildman–Crippen MR) is 129 cm³/mol. The minimum absolute atomic E-state index is 0.0274. The first-order chi connectivity index (χ1) is 16.9. The number of likely N-dealkylation sites (tertiary alicyclic amines) is 2. The largest absolute Gasteiger partial charge is 0.507 e. The van der Waals surface area contributed by atoms with Crippen LogP contribution in [0.2, 0.25) is 0 Å². The lowest BCUT2D eigenvalue weighted by molar-refractivity contribution is -0.140. The van der Waals surface area contributed by atoms with E-state index in [2.05, 4.69) is 4.90 Å². The number of hydrogen-bond acceptors (Lipinski definition) is 7. The van der Waals surface area contributed by atoms with Crippen molar-refractivity contribution in [2.24, 2.45) is 0 Å². The van der Waals surface area contributed by atoms with E-state index in [0.717, 1.165) is 25.9 Å². The van der Waals surface area contributed by atoms with E-state index >= 15 is 0 Å². The van der Waals surface area contributed by atoms with Crippen LogP contribution in [0.1, 0.15) is 43.9 Å². The van der Waals surface area contributed by atoms with Crippen LogP contribution < -0.4 is 14.2 Å². The average molecular weight is 479 g/mol. The summed E-state index contributed by atoms with van der Waals surface area (Å²) in [5.41, 5.74) is 1.18. The van der Waals surface area contributed by atoms with Crippen molar-refractivity contribution in [3.8, 4) is 17.2 Å². The van der Waals surface area contributed by atoms with Crippen molar-refractivity contribution >= 4 is 17.4 Å². The maximum Gasteiger partial charge on any atom is 0.295 e. The molecule has 3 heterocycles. The zero-order chi connectivity index (χ0) is 24.5. The number of carbonyl (C=O) groups excluding carboxylic acids is 2. The molecule has 8 nitrogen and oxygen atoms in total. The Bertz CT molecular complexity index is 1170. The third kappa shape index (κ3) is 4.58. The number of fused-ring (bicyclic) bond motifs is 1. The van der Waals surface area contributed by atoms with Crippen LogP contribution in [0, 0.1) is 0 Å². The Morgan fingerprint density at radius 2 is 1.83 bits per heavy atom. The van der Waals surface area contributed by atoms with Gasteiger partial charge in [0.2, 0.25) is 6.79 Å². The Kier molecular flexibility index (Phi) is 6.38. The number of ether oxygens (including phenoxy) is 3. The molecule has 0 aliphatic carbocycles. The molecule has 0 radical (unpaired) electrons. The molecular weight excluding hydrogens is 448 g/mol. The summed E-state index contributed by atoms with van der Waals surface area (Å²) in [6.07, 6.45) is 2.25. The maximum absolute atomic E-state index is 13.3. The highest BCUT2D eigenvalue weighted by Gasteiger charge is 2.46. The van der Waals surface area contributed by atoms with Gasteiger partial charge in [0.15, 0.2) is 11.5 Å². The smallest absolute Gasteiger partial charge is 0.295 e. The van der Waals surface area contributed by atoms with Crippen molar-refractivity contribution in [3.63, 3.8) is 0 Å². The monoisotopic (exact) mass is 478 g/mol. The van der Waals surface area contributed by atoms with E-state index in [0.29, 0.717) is 41.5 Å². The third-order valence-corrected chi connectivity index (χ3v) is 6.59. The molecule has 0 aromatic heterocycles. The first-order valence-corrected chi connectivity index (χ1v) is 12.1. The van der Waals surface area contributed by atoms with Gasteiger partial charge in [0.1, 0.15) is 11.5 Å². The lowest BCUT2D eigenvalue weighted by Gasteiger charge is -2.27. The van der Waals surface area contributed by atoms with Gasteiger partial charge in [-0.15, -0.1) is 0 Å². The van der Waals surface area contributed by atoms with Crippen LogP contribution in [-0.4, -0.2) is 65.7 Å². The van der Waals surface area contributed by atoms with Gasteiger partial charge in [-0.05, 0) is 75.7 Å². The molecule has 0 saturated carbocycles. The molecule has 2 aromatic carbocycles. The first kappa shape index (κ1) is 23.2. The zero-order valence-electron chi connectivity index (χ0n) is 20.0. The van der Waals surface area contributed by atoms with Crippen molar-refractivity contribution in [2.75, 3.05) is 33.0 Å². The molecule has 3 aliphatic rings. The highest BCUT2D eigenvalue weighted by atomic mass is 16.7. The lowest BCUT2D eigenvalue weighted by Crippen LogP contribution is -2.37. The van der Waals surface area contributed by atoms with E-state index in [1.165, 1.54) is 0 Å². The number of carbonyl (C=O) groups is 2.